The van der Waals surface area contributed by atoms with Gasteiger partial charge < -0.3 is 15.4 Å². The van der Waals surface area contributed by atoms with Crippen LogP contribution in [-0.4, -0.2) is 12.1 Å². The van der Waals surface area contributed by atoms with Crippen LogP contribution in [0.2, 0.25) is 0 Å². The van der Waals surface area contributed by atoms with Crippen LogP contribution < -0.4 is 15.4 Å². The summed E-state index contributed by atoms with van der Waals surface area (Å²) >= 11 is 0. The third-order valence-corrected chi connectivity index (χ3v) is 3.58. The first-order chi connectivity index (χ1) is 11.1. The van der Waals surface area contributed by atoms with Crippen molar-refractivity contribution in [3.05, 3.63) is 59.7 Å². The molecule has 0 saturated heterocycles. The molecule has 2 rings (SSSR count). The molecule has 23 heavy (non-hydrogen) atoms. The Balaban J connectivity index is 1.87. The number of rotatable bonds is 6. The van der Waals surface area contributed by atoms with Crippen LogP contribution in [0.5, 0.6) is 5.75 Å². The minimum absolute atomic E-state index is 0.153. The van der Waals surface area contributed by atoms with Crippen LogP contribution in [-0.2, 0) is 6.54 Å². The van der Waals surface area contributed by atoms with Crippen LogP contribution in [0.1, 0.15) is 31.4 Å². The van der Waals surface area contributed by atoms with Crippen LogP contribution in [0, 0.1) is 6.92 Å². The van der Waals surface area contributed by atoms with E-state index in [-0.39, 0.29) is 12.1 Å². The van der Waals surface area contributed by atoms with Gasteiger partial charge in [-0.15, -0.1) is 0 Å². The van der Waals surface area contributed by atoms with Crippen LogP contribution in [0.25, 0.3) is 0 Å². The van der Waals surface area contributed by atoms with Gasteiger partial charge in [0.1, 0.15) is 5.75 Å². The van der Waals surface area contributed by atoms with Gasteiger partial charge in [-0.2, -0.15) is 0 Å². The molecule has 0 aliphatic heterocycles. The van der Waals surface area contributed by atoms with E-state index in [1.807, 2.05) is 62.4 Å². The highest BCUT2D eigenvalue weighted by Crippen LogP contribution is 2.19. The van der Waals surface area contributed by atoms with E-state index in [9.17, 15) is 4.79 Å². The lowest BCUT2D eigenvalue weighted by atomic mass is 10.1. The standard InChI is InChI=1S/C19H24N2O2/c1-4-15(3)23-18-7-5-6-17(12-18)21-19(22)20-13-16-10-8-14(2)9-11-16/h5-12,15H,4,13H2,1-3H3,(H2,20,21,22). The third-order valence-electron chi connectivity index (χ3n) is 3.58. The fraction of sp³-hybridized carbons (Fsp3) is 0.316. The molecule has 1 unspecified atom stereocenters. The Morgan fingerprint density at radius 2 is 1.91 bits per heavy atom. The molecule has 2 N–H and O–H groups in total. The number of benzene rings is 2. The van der Waals surface area contributed by atoms with Crippen LogP contribution in [0.3, 0.4) is 0 Å². The predicted molar refractivity (Wildman–Crippen MR) is 93.9 cm³/mol. The first kappa shape index (κ1) is 16.9. The van der Waals surface area contributed by atoms with E-state index >= 15 is 0 Å². The van der Waals surface area contributed by atoms with Crippen molar-refractivity contribution in [3.63, 3.8) is 0 Å². The molecule has 1 atom stereocenters. The van der Waals surface area contributed by atoms with Crippen molar-refractivity contribution >= 4 is 11.7 Å². The number of hydrogen-bond acceptors (Lipinski definition) is 2. The van der Waals surface area contributed by atoms with Gasteiger partial charge in [-0.3, -0.25) is 0 Å². The van der Waals surface area contributed by atoms with Crippen molar-refractivity contribution in [1.82, 2.24) is 5.32 Å². The largest absolute Gasteiger partial charge is 0.491 e. The molecule has 0 aromatic heterocycles. The summed E-state index contributed by atoms with van der Waals surface area (Å²) in [5.74, 6) is 0.760. The monoisotopic (exact) mass is 312 g/mol. The highest BCUT2D eigenvalue weighted by atomic mass is 16.5. The molecule has 4 heteroatoms. The molecule has 0 bridgehead atoms. The molecular weight excluding hydrogens is 288 g/mol. The minimum Gasteiger partial charge on any atom is -0.491 e. The maximum absolute atomic E-state index is 12.0. The van der Waals surface area contributed by atoms with E-state index in [1.165, 1.54) is 5.56 Å². The summed E-state index contributed by atoms with van der Waals surface area (Å²) in [6, 6.07) is 15.3. The summed E-state index contributed by atoms with van der Waals surface area (Å²) in [4.78, 5) is 12.0. The molecule has 2 amide bonds. The summed E-state index contributed by atoms with van der Waals surface area (Å²) in [5, 5.41) is 5.67. The van der Waals surface area contributed by atoms with E-state index in [0.717, 1.165) is 17.7 Å². The molecule has 0 fully saturated rings. The number of hydrogen-bond donors (Lipinski definition) is 2. The smallest absolute Gasteiger partial charge is 0.319 e. The van der Waals surface area contributed by atoms with Gasteiger partial charge in [0.05, 0.1) is 6.10 Å². The Bertz CT molecular complexity index is 638. The highest BCUT2D eigenvalue weighted by Gasteiger charge is 2.05. The molecule has 0 aliphatic carbocycles. The van der Waals surface area contributed by atoms with Crippen molar-refractivity contribution in [2.45, 2.75) is 39.8 Å². The van der Waals surface area contributed by atoms with Gasteiger partial charge in [0.2, 0.25) is 0 Å². The predicted octanol–water partition coefficient (Wildman–Crippen LogP) is 4.49. The van der Waals surface area contributed by atoms with Crippen molar-refractivity contribution < 1.29 is 9.53 Å². The van der Waals surface area contributed by atoms with Gasteiger partial charge in [0.15, 0.2) is 0 Å². The number of ether oxygens (including phenoxy) is 1. The Morgan fingerprint density at radius 3 is 2.61 bits per heavy atom. The molecule has 122 valence electrons. The minimum atomic E-state index is -0.230. The fourth-order valence-corrected chi connectivity index (χ4v) is 2.03. The summed E-state index contributed by atoms with van der Waals surface area (Å²) in [5.41, 5.74) is 2.99. The fourth-order valence-electron chi connectivity index (χ4n) is 2.03. The van der Waals surface area contributed by atoms with Gasteiger partial charge >= 0.3 is 6.03 Å². The molecule has 2 aromatic carbocycles. The molecule has 0 spiro atoms. The number of urea groups is 1. The third kappa shape index (κ3) is 5.66. The van der Waals surface area contributed by atoms with E-state index < -0.39 is 0 Å². The number of carbonyl (C=O) groups is 1. The number of carbonyl (C=O) groups excluding carboxylic acids is 1. The zero-order chi connectivity index (χ0) is 16.7. The van der Waals surface area contributed by atoms with Gasteiger partial charge in [0.25, 0.3) is 0 Å². The number of amides is 2. The number of nitrogens with one attached hydrogen (secondary N) is 2. The zero-order valence-corrected chi connectivity index (χ0v) is 13.9. The second-order valence-electron chi connectivity index (χ2n) is 5.66. The Labute approximate surface area is 137 Å². The lowest BCUT2D eigenvalue weighted by Gasteiger charge is -2.14. The van der Waals surface area contributed by atoms with E-state index in [2.05, 4.69) is 17.6 Å². The van der Waals surface area contributed by atoms with Gasteiger partial charge in [0, 0.05) is 18.3 Å². The molecule has 2 aromatic rings. The van der Waals surface area contributed by atoms with Crippen molar-refractivity contribution in [2.24, 2.45) is 0 Å². The molecule has 4 nitrogen and oxygen atoms in total. The lowest BCUT2D eigenvalue weighted by Crippen LogP contribution is -2.28. The maximum Gasteiger partial charge on any atom is 0.319 e. The van der Waals surface area contributed by atoms with Crippen LogP contribution in [0.15, 0.2) is 48.5 Å². The summed E-state index contributed by atoms with van der Waals surface area (Å²) in [6.45, 7) is 6.63. The second-order valence-corrected chi connectivity index (χ2v) is 5.66. The highest BCUT2D eigenvalue weighted by molar-refractivity contribution is 5.89. The Morgan fingerprint density at radius 1 is 1.17 bits per heavy atom. The molecule has 0 saturated carbocycles. The number of aryl methyl sites for hydroxylation is 1. The first-order valence-electron chi connectivity index (χ1n) is 7.94. The summed E-state index contributed by atoms with van der Waals surface area (Å²) in [6.07, 6.45) is 1.09. The Kier molecular flexibility index (Phi) is 6.03. The van der Waals surface area contributed by atoms with Gasteiger partial charge in [-0.05, 0) is 38.0 Å². The molecule has 0 heterocycles. The van der Waals surface area contributed by atoms with E-state index in [1.54, 1.807) is 0 Å². The van der Waals surface area contributed by atoms with Crippen molar-refractivity contribution in [2.75, 3.05) is 5.32 Å². The summed E-state index contributed by atoms with van der Waals surface area (Å²) in [7, 11) is 0. The molecule has 0 aliphatic rings. The summed E-state index contributed by atoms with van der Waals surface area (Å²) < 4.78 is 5.75. The maximum atomic E-state index is 12.0. The number of anilines is 1. The van der Waals surface area contributed by atoms with Crippen LogP contribution in [0.4, 0.5) is 10.5 Å². The topological polar surface area (TPSA) is 50.4 Å². The van der Waals surface area contributed by atoms with Crippen molar-refractivity contribution in [1.29, 1.82) is 0 Å². The van der Waals surface area contributed by atoms with Gasteiger partial charge in [-0.25, -0.2) is 4.79 Å². The van der Waals surface area contributed by atoms with Gasteiger partial charge in [-0.1, -0.05) is 42.8 Å². The second kappa shape index (κ2) is 8.22. The normalized spacial score (nSPS) is 11.6. The lowest BCUT2D eigenvalue weighted by molar-refractivity contribution is 0.217. The average molecular weight is 312 g/mol. The quantitative estimate of drug-likeness (QED) is 0.825. The van der Waals surface area contributed by atoms with E-state index in [0.29, 0.717) is 12.2 Å². The average Bonchev–Trinajstić information content (AvgIpc) is 2.54. The Hall–Kier alpha value is -2.49. The zero-order valence-electron chi connectivity index (χ0n) is 13.9. The van der Waals surface area contributed by atoms with E-state index in [4.69, 9.17) is 4.74 Å². The molecular formula is C19H24N2O2. The SMILES string of the molecule is CCC(C)Oc1cccc(NC(=O)NCc2ccc(C)cc2)c1. The van der Waals surface area contributed by atoms with Crippen LogP contribution >= 0.6 is 0 Å². The molecule has 0 radical (unpaired) electrons. The first-order valence-corrected chi connectivity index (χ1v) is 7.94. The van der Waals surface area contributed by atoms with Crippen molar-refractivity contribution in [3.8, 4) is 5.75 Å².